The smallest absolute Gasteiger partial charge is 0.270 e. The largest absolute Gasteiger partial charge is 0.396 e. The fraction of sp³-hybridized carbons (Fsp3) is 0.375. The van der Waals surface area contributed by atoms with Gasteiger partial charge in [0.1, 0.15) is 11.5 Å². The average molecular weight is 394 g/mol. The van der Waals surface area contributed by atoms with Gasteiger partial charge in [0.15, 0.2) is 0 Å². The van der Waals surface area contributed by atoms with Crippen LogP contribution in [0.15, 0.2) is 54.6 Å². The third-order valence-corrected chi connectivity index (χ3v) is 6.28. The highest BCUT2D eigenvalue weighted by atomic mass is 19.1. The van der Waals surface area contributed by atoms with E-state index in [1.54, 1.807) is 12.1 Å². The summed E-state index contributed by atoms with van der Waals surface area (Å²) in [5.74, 6) is -0.367. The number of nitrogens with one attached hydrogen (secondary N) is 1. The van der Waals surface area contributed by atoms with Gasteiger partial charge in [0.2, 0.25) is 0 Å². The van der Waals surface area contributed by atoms with Crippen LogP contribution < -0.4 is 0 Å². The average Bonchev–Trinajstić information content (AvgIpc) is 3.17. The molecular formula is C24H27FN2O2. The number of fused-ring (bicyclic) bond motifs is 1. The molecule has 0 bridgehead atoms. The number of H-pyrrole nitrogens is 1. The predicted octanol–water partition coefficient (Wildman–Crippen LogP) is 4.54. The maximum atomic E-state index is 13.4. The van der Waals surface area contributed by atoms with Gasteiger partial charge in [-0.15, -0.1) is 0 Å². The number of aliphatic hydroxyl groups is 1. The van der Waals surface area contributed by atoms with Crippen molar-refractivity contribution in [3.63, 3.8) is 0 Å². The number of benzene rings is 2. The van der Waals surface area contributed by atoms with Crippen LogP contribution in [0.1, 0.15) is 41.7 Å². The minimum absolute atomic E-state index is 0.0579. The molecule has 2 heterocycles. The van der Waals surface area contributed by atoms with Crippen molar-refractivity contribution in [2.75, 3.05) is 19.7 Å². The lowest BCUT2D eigenvalue weighted by Gasteiger charge is -2.40. The molecule has 2 N–H and O–H groups in total. The molecule has 0 unspecified atom stereocenters. The lowest BCUT2D eigenvalue weighted by atomic mass is 9.75. The summed E-state index contributed by atoms with van der Waals surface area (Å²) in [7, 11) is 0. The standard InChI is InChI=1S/C24H27FN2O2/c25-20-8-9-21-19(15-20)16-22(26-21)23(29)27-13-11-24(17-28,12-14-27)10-4-7-18-5-2-1-3-6-18/h1-3,5-6,8-9,15-16,26,28H,4,7,10-14,17H2. The summed E-state index contributed by atoms with van der Waals surface area (Å²) in [4.78, 5) is 17.8. The second-order valence-electron chi connectivity index (χ2n) is 8.20. The van der Waals surface area contributed by atoms with Crippen molar-refractivity contribution >= 4 is 16.8 Å². The van der Waals surface area contributed by atoms with Crippen LogP contribution in [0.25, 0.3) is 10.9 Å². The molecule has 0 aliphatic carbocycles. The number of likely N-dealkylation sites (tertiary alicyclic amines) is 1. The minimum Gasteiger partial charge on any atom is -0.396 e. The number of carbonyl (C=O) groups excluding carboxylic acids is 1. The third-order valence-electron chi connectivity index (χ3n) is 6.28. The van der Waals surface area contributed by atoms with E-state index in [9.17, 15) is 14.3 Å². The van der Waals surface area contributed by atoms with Crippen LogP contribution in [-0.4, -0.2) is 40.6 Å². The molecule has 1 aromatic heterocycles. The summed E-state index contributed by atoms with van der Waals surface area (Å²) >= 11 is 0. The van der Waals surface area contributed by atoms with E-state index in [0.29, 0.717) is 24.2 Å². The Morgan fingerprint density at radius 3 is 2.59 bits per heavy atom. The molecule has 2 aromatic carbocycles. The molecule has 3 aromatic rings. The van der Waals surface area contributed by atoms with Crippen LogP contribution in [0.5, 0.6) is 0 Å². The van der Waals surface area contributed by atoms with Gasteiger partial charge in [-0.05, 0) is 67.3 Å². The number of amides is 1. The number of aryl methyl sites for hydroxylation is 1. The van der Waals surface area contributed by atoms with Crippen LogP contribution in [0, 0.1) is 11.2 Å². The molecule has 0 spiro atoms. The quantitative estimate of drug-likeness (QED) is 0.645. The third kappa shape index (κ3) is 4.35. The first-order chi connectivity index (χ1) is 14.1. The van der Waals surface area contributed by atoms with Gasteiger partial charge in [0.05, 0.1) is 0 Å². The molecule has 1 saturated heterocycles. The molecule has 0 radical (unpaired) electrons. The zero-order valence-electron chi connectivity index (χ0n) is 16.5. The van der Waals surface area contributed by atoms with Crippen LogP contribution in [0.3, 0.4) is 0 Å². The lowest BCUT2D eigenvalue weighted by molar-refractivity contribution is 0.0301. The van der Waals surface area contributed by atoms with E-state index in [2.05, 4.69) is 29.2 Å². The Morgan fingerprint density at radius 2 is 1.86 bits per heavy atom. The lowest BCUT2D eigenvalue weighted by Crippen LogP contribution is -2.44. The second kappa shape index (κ2) is 8.37. The summed E-state index contributed by atoms with van der Waals surface area (Å²) < 4.78 is 13.4. The van der Waals surface area contributed by atoms with Gasteiger partial charge in [-0.2, -0.15) is 0 Å². The van der Waals surface area contributed by atoms with Crippen LogP contribution in [-0.2, 0) is 6.42 Å². The molecule has 4 nitrogen and oxygen atoms in total. The van der Waals surface area contributed by atoms with Crippen molar-refractivity contribution in [3.8, 4) is 0 Å². The highest BCUT2D eigenvalue weighted by Gasteiger charge is 2.35. The molecule has 1 amide bonds. The predicted molar refractivity (Wildman–Crippen MR) is 112 cm³/mol. The van der Waals surface area contributed by atoms with E-state index < -0.39 is 0 Å². The fourth-order valence-electron chi connectivity index (χ4n) is 4.37. The molecule has 29 heavy (non-hydrogen) atoms. The molecular weight excluding hydrogens is 367 g/mol. The number of aromatic nitrogens is 1. The summed E-state index contributed by atoms with van der Waals surface area (Å²) in [6.45, 7) is 1.43. The van der Waals surface area contributed by atoms with Crippen LogP contribution >= 0.6 is 0 Å². The SMILES string of the molecule is O=C(c1cc2cc(F)ccc2[nH]1)N1CCC(CO)(CCCc2ccccc2)CC1. The van der Waals surface area contributed by atoms with E-state index in [1.807, 2.05) is 11.0 Å². The first kappa shape index (κ1) is 19.6. The molecule has 0 saturated carbocycles. The molecule has 0 atom stereocenters. The van der Waals surface area contributed by atoms with Crippen molar-refractivity contribution in [1.82, 2.24) is 9.88 Å². The number of rotatable bonds is 6. The summed E-state index contributed by atoms with van der Waals surface area (Å²) in [6, 6.07) is 16.6. The highest BCUT2D eigenvalue weighted by Crippen LogP contribution is 2.36. The van der Waals surface area contributed by atoms with Gasteiger partial charge in [-0.3, -0.25) is 4.79 Å². The number of nitrogens with zero attached hydrogens (tertiary/aromatic N) is 1. The number of halogens is 1. The Hall–Kier alpha value is -2.66. The van der Waals surface area contributed by atoms with Crippen molar-refractivity contribution in [2.45, 2.75) is 32.1 Å². The van der Waals surface area contributed by atoms with E-state index in [4.69, 9.17) is 0 Å². The molecule has 1 aliphatic heterocycles. The highest BCUT2D eigenvalue weighted by molar-refractivity contribution is 5.98. The molecule has 4 rings (SSSR count). The maximum absolute atomic E-state index is 13.4. The van der Waals surface area contributed by atoms with Gasteiger partial charge in [-0.1, -0.05) is 30.3 Å². The first-order valence-corrected chi connectivity index (χ1v) is 10.3. The van der Waals surface area contributed by atoms with Crippen molar-refractivity contribution in [3.05, 3.63) is 71.7 Å². The van der Waals surface area contributed by atoms with Crippen molar-refractivity contribution < 1.29 is 14.3 Å². The zero-order chi connectivity index (χ0) is 20.3. The maximum Gasteiger partial charge on any atom is 0.270 e. The Bertz CT molecular complexity index is 975. The minimum atomic E-state index is -0.309. The Morgan fingerprint density at radius 1 is 1.10 bits per heavy atom. The number of hydrogen-bond acceptors (Lipinski definition) is 2. The van der Waals surface area contributed by atoms with Gasteiger partial charge >= 0.3 is 0 Å². The number of carbonyl (C=O) groups is 1. The topological polar surface area (TPSA) is 56.3 Å². The zero-order valence-corrected chi connectivity index (χ0v) is 16.5. The van der Waals surface area contributed by atoms with Gasteiger partial charge < -0.3 is 15.0 Å². The fourth-order valence-corrected chi connectivity index (χ4v) is 4.37. The normalized spacial score (nSPS) is 16.3. The Labute approximate surface area is 170 Å². The summed E-state index contributed by atoms with van der Waals surface area (Å²) in [6.07, 6.45) is 4.62. The Balaban J connectivity index is 1.35. The number of aliphatic hydroxyl groups excluding tert-OH is 1. The number of aromatic amines is 1. The van der Waals surface area contributed by atoms with E-state index in [0.717, 1.165) is 37.6 Å². The second-order valence-corrected chi connectivity index (χ2v) is 8.20. The summed E-state index contributed by atoms with van der Waals surface area (Å²) in [5.41, 5.74) is 2.47. The van der Waals surface area contributed by atoms with Crippen LogP contribution in [0.2, 0.25) is 0 Å². The van der Waals surface area contributed by atoms with E-state index >= 15 is 0 Å². The monoisotopic (exact) mass is 394 g/mol. The van der Waals surface area contributed by atoms with E-state index in [-0.39, 0.29) is 23.7 Å². The first-order valence-electron chi connectivity index (χ1n) is 10.3. The molecule has 1 fully saturated rings. The Kier molecular flexibility index (Phi) is 5.67. The molecule has 1 aliphatic rings. The van der Waals surface area contributed by atoms with Crippen molar-refractivity contribution in [2.24, 2.45) is 5.41 Å². The summed E-state index contributed by atoms with van der Waals surface area (Å²) in [5, 5.41) is 10.8. The molecule has 152 valence electrons. The van der Waals surface area contributed by atoms with Crippen molar-refractivity contribution in [1.29, 1.82) is 0 Å². The van der Waals surface area contributed by atoms with Gasteiger partial charge in [0, 0.05) is 30.6 Å². The van der Waals surface area contributed by atoms with Gasteiger partial charge in [0.25, 0.3) is 5.91 Å². The van der Waals surface area contributed by atoms with E-state index in [1.165, 1.54) is 17.7 Å². The van der Waals surface area contributed by atoms with Gasteiger partial charge in [-0.25, -0.2) is 4.39 Å². The van der Waals surface area contributed by atoms with Crippen LogP contribution in [0.4, 0.5) is 4.39 Å². The number of hydrogen-bond donors (Lipinski definition) is 2. The number of piperidine rings is 1. The molecule has 5 heteroatoms.